The average molecular weight is 296 g/mol. The highest BCUT2D eigenvalue weighted by Crippen LogP contribution is 2.28. The summed E-state index contributed by atoms with van der Waals surface area (Å²) < 4.78 is 40.0. The number of hydrogen-bond acceptors (Lipinski definition) is 5. The summed E-state index contributed by atoms with van der Waals surface area (Å²) in [6, 6.07) is 0.505. The molecule has 0 amide bonds. The molecule has 110 valence electrons. The zero-order valence-electron chi connectivity index (χ0n) is 11.3. The fourth-order valence-electron chi connectivity index (χ4n) is 1.35. The first-order valence-corrected chi connectivity index (χ1v) is 6.93. The molecule has 0 saturated carbocycles. The number of alkyl halides is 3. The molecule has 0 aliphatic carbocycles. The van der Waals surface area contributed by atoms with E-state index in [1.54, 1.807) is 0 Å². The van der Waals surface area contributed by atoms with Crippen molar-refractivity contribution in [3.63, 3.8) is 0 Å². The van der Waals surface area contributed by atoms with Gasteiger partial charge >= 0.3 is 6.18 Å². The van der Waals surface area contributed by atoms with E-state index in [2.05, 4.69) is 40.5 Å². The number of hydrogen-bond donors (Lipinski definition) is 1. The molecule has 0 atom stereocenters. The van der Waals surface area contributed by atoms with Crippen LogP contribution in [0.1, 0.15) is 32.5 Å². The van der Waals surface area contributed by atoms with Crippen molar-refractivity contribution in [3.05, 3.63) is 5.82 Å². The Morgan fingerprint density at radius 1 is 1.32 bits per heavy atom. The summed E-state index contributed by atoms with van der Waals surface area (Å²) in [4.78, 5) is 5.63. The summed E-state index contributed by atoms with van der Waals surface area (Å²) in [5.74, 6) is -1.07. The summed E-state index contributed by atoms with van der Waals surface area (Å²) in [7, 11) is 2.05. The summed E-state index contributed by atoms with van der Waals surface area (Å²) >= 11 is 0.743. The minimum Gasteiger partial charge on any atom is -0.360 e. The molecule has 1 heterocycles. The summed E-state index contributed by atoms with van der Waals surface area (Å²) in [6.07, 6.45) is -2.58. The van der Waals surface area contributed by atoms with Crippen LogP contribution >= 0.6 is 11.5 Å². The van der Waals surface area contributed by atoms with Gasteiger partial charge in [-0.3, -0.25) is 0 Å². The Bertz CT molecular complexity index is 378. The fourth-order valence-corrected chi connectivity index (χ4v) is 1.96. The number of aromatic nitrogens is 2. The molecule has 1 aromatic heterocycles. The van der Waals surface area contributed by atoms with Crippen molar-refractivity contribution in [3.8, 4) is 0 Å². The van der Waals surface area contributed by atoms with Crippen LogP contribution in [0.4, 0.5) is 18.3 Å². The molecule has 1 N–H and O–H groups in total. The second-order valence-electron chi connectivity index (χ2n) is 4.63. The normalized spacial score (nSPS) is 12.4. The lowest BCUT2D eigenvalue weighted by atomic mass is 10.2. The molecule has 0 spiro atoms. The Morgan fingerprint density at radius 2 is 2.00 bits per heavy atom. The van der Waals surface area contributed by atoms with Gasteiger partial charge in [-0.15, -0.1) is 0 Å². The van der Waals surface area contributed by atoms with E-state index in [0.29, 0.717) is 12.6 Å². The van der Waals surface area contributed by atoms with Crippen molar-refractivity contribution in [1.82, 2.24) is 14.3 Å². The molecule has 0 aliphatic rings. The highest BCUT2D eigenvalue weighted by molar-refractivity contribution is 7.09. The molecule has 8 heteroatoms. The Balaban J connectivity index is 2.21. The second-order valence-corrected chi connectivity index (χ2v) is 5.38. The number of halogens is 3. The van der Waals surface area contributed by atoms with Gasteiger partial charge in [0.25, 0.3) is 0 Å². The Morgan fingerprint density at radius 3 is 2.53 bits per heavy atom. The fraction of sp³-hybridized carbons (Fsp3) is 0.818. The zero-order valence-corrected chi connectivity index (χ0v) is 12.1. The first-order valence-electron chi connectivity index (χ1n) is 6.15. The van der Waals surface area contributed by atoms with Crippen LogP contribution in [-0.4, -0.2) is 40.4 Å². The molecule has 0 unspecified atom stereocenters. The molecule has 0 aromatic carbocycles. The first kappa shape index (κ1) is 16.2. The van der Waals surface area contributed by atoms with Crippen molar-refractivity contribution in [2.45, 2.75) is 38.9 Å². The van der Waals surface area contributed by atoms with Crippen molar-refractivity contribution in [2.24, 2.45) is 0 Å². The summed E-state index contributed by atoms with van der Waals surface area (Å²) in [6.45, 7) is 5.83. The average Bonchev–Trinajstić information content (AvgIpc) is 2.76. The molecular formula is C11H19F3N4S. The van der Waals surface area contributed by atoms with E-state index in [9.17, 15) is 13.2 Å². The Hall–Kier alpha value is -0.890. The van der Waals surface area contributed by atoms with Gasteiger partial charge in [-0.2, -0.15) is 22.5 Å². The van der Waals surface area contributed by atoms with E-state index in [1.165, 1.54) is 0 Å². The van der Waals surface area contributed by atoms with Gasteiger partial charge in [0.15, 0.2) is 0 Å². The SMILES string of the molecule is CC(C)N(C)CCCCNc1nc(C(F)(F)F)ns1. The number of nitrogens with one attached hydrogen (secondary N) is 1. The van der Waals surface area contributed by atoms with Gasteiger partial charge in [-0.25, -0.2) is 0 Å². The third kappa shape index (κ3) is 5.73. The van der Waals surface area contributed by atoms with Gasteiger partial charge < -0.3 is 10.2 Å². The van der Waals surface area contributed by atoms with E-state index in [1.807, 2.05) is 0 Å². The van der Waals surface area contributed by atoms with Gasteiger partial charge in [0, 0.05) is 24.1 Å². The molecule has 0 bridgehead atoms. The maximum atomic E-state index is 12.3. The smallest absolute Gasteiger partial charge is 0.360 e. The van der Waals surface area contributed by atoms with Crippen LogP contribution in [0.15, 0.2) is 0 Å². The van der Waals surface area contributed by atoms with Gasteiger partial charge in [0.2, 0.25) is 11.0 Å². The van der Waals surface area contributed by atoms with Crippen molar-refractivity contribution >= 4 is 16.7 Å². The minimum absolute atomic E-state index is 0.226. The molecular weight excluding hydrogens is 277 g/mol. The van der Waals surface area contributed by atoms with Crippen LogP contribution < -0.4 is 5.32 Å². The van der Waals surface area contributed by atoms with E-state index in [0.717, 1.165) is 30.9 Å². The van der Waals surface area contributed by atoms with E-state index in [4.69, 9.17) is 0 Å². The lowest BCUT2D eigenvalue weighted by Gasteiger charge is -2.20. The van der Waals surface area contributed by atoms with Crippen LogP contribution in [0.2, 0.25) is 0 Å². The van der Waals surface area contributed by atoms with Crippen molar-refractivity contribution in [1.29, 1.82) is 0 Å². The Kier molecular flexibility index (Phi) is 5.99. The molecule has 0 aliphatic heterocycles. The molecule has 19 heavy (non-hydrogen) atoms. The van der Waals surface area contributed by atoms with Crippen LogP contribution in [0.3, 0.4) is 0 Å². The lowest BCUT2D eigenvalue weighted by Crippen LogP contribution is -2.27. The largest absolute Gasteiger partial charge is 0.452 e. The van der Waals surface area contributed by atoms with Gasteiger partial charge in [-0.1, -0.05) is 0 Å². The maximum Gasteiger partial charge on any atom is 0.452 e. The van der Waals surface area contributed by atoms with Crippen LogP contribution in [-0.2, 0) is 6.18 Å². The number of nitrogens with zero attached hydrogens (tertiary/aromatic N) is 3. The van der Waals surface area contributed by atoms with Gasteiger partial charge in [0.05, 0.1) is 0 Å². The Labute approximate surface area is 115 Å². The maximum absolute atomic E-state index is 12.3. The number of unbranched alkanes of at least 4 members (excludes halogenated alkanes) is 1. The molecule has 4 nitrogen and oxygen atoms in total. The molecule has 0 fully saturated rings. The predicted octanol–water partition coefficient (Wildman–Crippen LogP) is 3.09. The highest BCUT2D eigenvalue weighted by atomic mass is 32.1. The van der Waals surface area contributed by atoms with E-state index < -0.39 is 12.0 Å². The minimum atomic E-state index is -4.46. The van der Waals surface area contributed by atoms with Crippen molar-refractivity contribution in [2.75, 3.05) is 25.5 Å². The molecule has 0 radical (unpaired) electrons. The monoisotopic (exact) mass is 296 g/mol. The third-order valence-corrected chi connectivity index (χ3v) is 3.45. The van der Waals surface area contributed by atoms with Gasteiger partial charge in [0.1, 0.15) is 0 Å². The topological polar surface area (TPSA) is 41.0 Å². The van der Waals surface area contributed by atoms with Gasteiger partial charge in [-0.05, 0) is 40.3 Å². The zero-order chi connectivity index (χ0) is 14.5. The molecule has 0 saturated heterocycles. The number of rotatable bonds is 7. The highest BCUT2D eigenvalue weighted by Gasteiger charge is 2.36. The predicted molar refractivity (Wildman–Crippen MR) is 70.4 cm³/mol. The van der Waals surface area contributed by atoms with Crippen LogP contribution in [0.25, 0.3) is 0 Å². The summed E-state index contributed by atoms with van der Waals surface area (Å²) in [5.41, 5.74) is 0. The molecule has 1 rings (SSSR count). The van der Waals surface area contributed by atoms with E-state index >= 15 is 0 Å². The van der Waals surface area contributed by atoms with Crippen LogP contribution in [0.5, 0.6) is 0 Å². The third-order valence-electron chi connectivity index (χ3n) is 2.77. The molecule has 1 aromatic rings. The first-order chi connectivity index (χ1) is 8.80. The van der Waals surface area contributed by atoms with E-state index in [-0.39, 0.29) is 5.13 Å². The van der Waals surface area contributed by atoms with Crippen molar-refractivity contribution < 1.29 is 13.2 Å². The number of anilines is 1. The standard InChI is InChI=1S/C11H19F3N4S/c1-8(2)18(3)7-5-4-6-15-10-16-9(17-19-10)11(12,13)14/h8H,4-7H2,1-3H3,(H,15,16,17). The van der Waals surface area contributed by atoms with Crippen LogP contribution in [0, 0.1) is 0 Å². The quantitative estimate of drug-likeness (QED) is 0.785. The summed E-state index contributed by atoms with van der Waals surface area (Å²) in [5, 5.41) is 3.09. The second kappa shape index (κ2) is 7.04. The lowest BCUT2D eigenvalue weighted by molar-refractivity contribution is -0.144.